The van der Waals surface area contributed by atoms with Crippen molar-refractivity contribution in [2.45, 2.75) is 322 Å². The molecular formula is C69H120O6. The van der Waals surface area contributed by atoms with Crippen LogP contribution in [0.15, 0.2) is 85.1 Å². The van der Waals surface area contributed by atoms with E-state index in [-0.39, 0.29) is 31.1 Å². The van der Waals surface area contributed by atoms with Gasteiger partial charge in [0, 0.05) is 19.3 Å². The first-order valence-corrected chi connectivity index (χ1v) is 32.1. The molecule has 0 fully saturated rings. The number of rotatable bonds is 58. The molecule has 0 saturated carbocycles. The Bertz CT molecular complexity index is 1430. The molecule has 0 heterocycles. The molecule has 0 spiro atoms. The summed E-state index contributed by atoms with van der Waals surface area (Å²) < 4.78 is 16.9. The highest BCUT2D eigenvalue weighted by Crippen LogP contribution is 2.17. The minimum Gasteiger partial charge on any atom is -0.462 e. The van der Waals surface area contributed by atoms with Crippen LogP contribution in [-0.2, 0) is 28.6 Å². The zero-order chi connectivity index (χ0) is 54.3. The van der Waals surface area contributed by atoms with Crippen molar-refractivity contribution in [1.82, 2.24) is 0 Å². The molecule has 0 aliphatic rings. The summed E-state index contributed by atoms with van der Waals surface area (Å²) in [5.74, 6) is -0.866. The SMILES string of the molecule is CC/C=C\C/C=C\C/C=C\C/C=C\C/C=C\C/C=C\C/C=C\CCCCCCCCCCCCCC(=O)OCC(COC(=O)CCCCCCCCCC)OC(=O)CCCCCCCCCCCCCCCCCC. The van der Waals surface area contributed by atoms with E-state index in [0.29, 0.717) is 19.3 Å². The fourth-order valence-electron chi connectivity index (χ4n) is 9.13. The lowest BCUT2D eigenvalue weighted by Gasteiger charge is -2.18. The van der Waals surface area contributed by atoms with Gasteiger partial charge < -0.3 is 14.2 Å². The molecule has 0 aromatic rings. The van der Waals surface area contributed by atoms with E-state index in [1.165, 1.54) is 173 Å². The molecule has 0 N–H and O–H groups in total. The van der Waals surface area contributed by atoms with Gasteiger partial charge in [-0.15, -0.1) is 0 Å². The van der Waals surface area contributed by atoms with Gasteiger partial charge in [-0.3, -0.25) is 14.4 Å². The fraction of sp³-hybridized carbons (Fsp3) is 0.754. The highest BCUT2D eigenvalue weighted by molar-refractivity contribution is 5.71. The van der Waals surface area contributed by atoms with E-state index in [1.807, 2.05) is 0 Å². The summed E-state index contributed by atoms with van der Waals surface area (Å²) >= 11 is 0. The van der Waals surface area contributed by atoms with Gasteiger partial charge in [0.05, 0.1) is 0 Å². The average Bonchev–Trinajstić information content (AvgIpc) is 3.41. The lowest BCUT2D eigenvalue weighted by molar-refractivity contribution is -0.167. The highest BCUT2D eigenvalue weighted by atomic mass is 16.6. The van der Waals surface area contributed by atoms with Gasteiger partial charge in [-0.1, -0.05) is 305 Å². The maximum atomic E-state index is 12.8. The fourth-order valence-corrected chi connectivity index (χ4v) is 9.13. The standard InChI is InChI=1S/C69H120O6/c1-4-7-10-13-16-19-21-23-25-27-28-29-30-31-32-33-34-35-36-37-38-39-40-41-42-43-45-46-48-50-53-56-59-62-68(71)74-65-66(64-73-67(70)61-58-55-52-18-15-12-9-6-3)75-69(72)63-60-57-54-51-49-47-44-26-24-22-20-17-14-11-8-5-2/h7,10,16,19,23,25,28-29,31-32,34-35,37-38,66H,4-6,8-9,11-15,17-18,20-22,24,26-27,30,33,36,39-65H2,1-3H3/b10-7-,19-16-,25-23-,29-28-,32-31-,35-34-,38-37-. The summed E-state index contributed by atoms with van der Waals surface area (Å²) in [6.45, 7) is 6.53. The second-order valence-electron chi connectivity index (χ2n) is 21.3. The van der Waals surface area contributed by atoms with Gasteiger partial charge in [0.1, 0.15) is 13.2 Å². The number of ether oxygens (including phenoxy) is 3. The molecule has 1 unspecified atom stereocenters. The molecule has 0 radical (unpaired) electrons. The third kappa shape index (κ3) is 61.3. The molecule has 0 aliphatic carbocycles. The molecular weight excluding hydrogens is 925 g/mol. The number of esters is 3. The van der Waals surface area contributed by atoms with Gasteiger partial charge >= 0.3 is 17.9 Å². The quantitative estimate of drug-likeness (QED) is 0.0261. The Balaban J connectivity index is 4.10. The Morgan fingerprint density at radius 1 is 0.280 bits per heavy atom. The van der Waals surface area contributed by atoms with Crippen LogP contribution in [0.1, 0.15) is 316 Å². The minimum atomic E-state index is -0.772. The molecule has 0 bridgehead atoms. The Morgan fingerprint density at radius 2 is 0.520 bits per heavy atom. The van der Waals surface area contributed by atoms with Gasteiger partial charge in [0.2, 0.25) is 0 Å². The maximum absolute atomic E-state index is 12.8. The van der Waals surface area contributed by atoms with Crippen LogP contribution in [0.25, 0.3) is 0 Å². The van der Waals surface area contributed by atoms with Gasteiger partial charge in [-0.05, 0) is 77.0 Å². The number of unbranched alkanes of at least 4 members (excludes halogenated alkanes) is 33. The first-order valence-electron chi connectivity index (χ1n) is 32.1. The molecule has 6 heteroatoms. The maximum Gasteiger partial charge on any atom is 0.306 e. The van der Waals surface area contributed by atoms with E-state index in [1.54, 1.807) is 0 Å². The van der Waals surface area contributed by atoms with Crippen LogP contribution >= 0.6 is 0 Å². The number of hydrogen-bond acceptors (Lipinski definition) is 6. The van der Waals surface area contributed by atoms with E-state index in [0.717, 1.165) is 103 Å². The van der Waals surface area contributed by atoms with Crippen molar-refractivity contribution in [2.24, 2.45) is 0 Å². The van der Waals surface area contributed by atoms with E-state index < -0.39 is 6.10 Å². The third-order valence-electron chi connectivity index (χ3n) is 13.9. The van der Waals surface area contributed by atoms with Crippen molar-refractivity contribution in [1.29, 1.82) is 0 Å². The number of carbonyl (C=O) groups excluding carboxylic acids is 3. The van der Waals surface area contributed by atoms with Crippen LogP contribution in [0.4, 0.5) is 0 Å². The van der Waals surface area contributed by atoms with Crippen LogP contribution in [0.2, 0.25) is 0 Å². The van der Waals surface area contributed by atoms with E-state index in [2.05, 4.69) is 106 Å². The summed E-state index contributed by atoms with van der Waals surface area (Å²) in [6, 6.07) is 0. The van der Waals surface area contributed by atoms with Crippen molar-refractivity contribution in [3.8, 4) is 0 Å². The van der Waals surface area contributed by atoms with Gasteiger partial charge in [0.15, 0.2) is 6.10 Å². The topological polar surface area (TPSA) is 78.9 Å². The van der Waals surface area contributed by atoms with Gasteiger partial charge in [0.25, 0.3) is 0 Å². The predicted octanol–water partition coefficient (Wildman–Crippen LogP) is 21.9. The summed E-state index contributed by atoms with van der Waals surface area (Å²) in [4.78, 5) is 38.1. The monoisotopic (exact) mass is 1040 g/mol. The Labute approximate surface area is 465 Å². The van der Waals surface area contributed by atoms with Crippen LogP contribution in [0, 0.1) is 0 Å². The molecule has 1 atom stereocenters. The molecule has 0 aliphatic heterocycles. The van der Waals surface area contributed by atoms with Gasteiger partial charge in [-0.2, -0.15) is 0 Å². The number of allylic oxidation sites excluding steroid dienone is 14. The lowest BCUT2D eigenvalue weighted by Crippen LogP contribution is -2.30. The average molecular weight is 1050 g/mol. The minimum absolute atomic E-state index is 0.0719. The normalized spacial score (nSPS) is 12.6. The highest BCUT2D eigenvalue weighted by Gasteiger charge is 2.19. The molecule has 6 nitrogen and oxygen atoms in total. The van der Waals surface area contributed by atoms with Crippen molar-refractivity contribution in [3.05, 3.63) is 85.1 Å². The largest absolute Gasteiger partial charge is 0.462 e. The van der Waals surface area contributed by atoms with Crippen LogP contribution in [0.3, 0.4) is 0 Å². The van der Waals surface area contributed by atoms with Crippen molar-refractivity contribution < 1.29 is 28.6 Å². The van der Waals surface area contributed by atoms with Gasteiger partial charge in [-0.25, -0.2) is 0 Å². The van der Waals surface area contributed by atoms with Crippen molar-refractivity contribution >= 4 is 17.9 Å². The Hall–Kier alpha value is -3.41. The Morgan fingerprint density at radius 3 is 0.813 bits per heavy atom. The van der Waals surface area contributed by atoms with Crippen LogP contribution in [0.5, 0.6) is 0 Å². The molecule has 0 rings (SSSR count). The summed E-state index contributed by atoms with van der Waals surface area (Å²) in [7, 11) is 0. The summed E-state index contributed by atoms with van der Waals surface area (Å²) in [5.41, 5.74) is 0. The zero-order valence-electron chi connectivity index (χ0n) is 49.6. The second-order valence-corrected chi connectivity index (χ2v) is 21.3. The van der Waals surface area contributed by atoms with E-state index in [9.17, 15) is 14.4 Å². The Kier molecular flexibility index (Phi) is 60.3. The lowest BCUT2D eigenvalue weighted by atomic mass is 10.0. The first kappa shape index (κ1) is 71.6. The second kappa shape index (κ2) is 63.1. The molecule has 0 aromatic heterocycles. The van der Waals surface area contributed by atoms with Crippen molar-refractivity contribution in [3.63, 3.8) is 0 Å². The van der Waals surface area contributed by atoms with E-state index >= 15 is 0 Å². The molecule has 0 aromatic carbocycles. The summed E-state index contributed by atoms with van der Waals surface area (Å²) in [6.07, 6.45) is 83.2. The molecule has 75 heavy (non-hydrogen) atoms. The molecule has 0 saturated heterocycles. The van der Waals surface area contributed by atoms with Crippen LogP contribution in [-0.4, -0.2) is 37.2 Å². The molecule has 0 amide bonds. The third-order valence-corrected chi connectivity index (χ3v) is 13.9. The van der Waals surface area contributed by atoms with Crippen molar-refractivity contribution in [2.75, 3.05) is 13.2 Å². The predicted molar refractivity (Wildman–Crippen MR) is 325 cm³/mol. The smallest absolute Gasteiger partial charge is 0.306 e. The molecule has 432 valence electrons. The first-order chi connectivity index (χ1) is 37.0. The number of hydrogen-bond donors (Lipinski definition) is 0. The zero-order valence-corrected chi connectivity index (χ0v) is 49.6. The van der Waals surface area contributed by atoms with Crippen LogP contribution < -0.4 is 0 Å². The summed E-state index contributed by atoms with van der Waals surface area (Å²) in [5, 5.41) is 0. The van der Waals surface area contributed by atoms with E-state index in [4.69, 9.17) is 14.2 Å². The number of carbonyl (C=O) groups is 3.